The van der Waals surface area contributed by atoms with Crippen LogP contribution in [-0.4, -0.2) is 25.5 Å². The summed E-state index contributed by atoms with van der Waals surface area (Å²) in [6, 6.07) is 5.29. The molecule has 0 saturated carbocycles. The summed E-state index contributed by atoms with van der Waals surface area (Å²) in [6.45, 7) is 8.83. The second-order valence-corrected chi connectivity index (χ2v) is 4.86. The molecule has 0 aliphatic heterocycles. The number of hydrogen-bond donors (Lipinski definition) is 0. The molecule has 0 amide bonds. The van der Waals surface area contributed by atoms with Gasteiger partial charge in [-0.25, -0.2) is 4.79 Å². The zero-order valence-electron chi connectivity index (χ0n) is 13.9. The Bertz CT molecular complexity index is 458. The smallest absolute Gasteiger partial charge is 0.373 e. The maximum Gasteiger partial charge on any atom is 0.373 e. The molecule has 0 aliphatic carbocycles. The van der Waals surface area contributed by atoms with E-state index in [-0.39, 0.29) is 0 Å². The van der Waals surface area contributed by atoms with Crippen molar-refractivity contribution >= 4 is 5.97 Å². The molecule has 1 aromatic rings. The molecule has 0 bridgehead atoms. The molecule has 22 heavy (non-hydrogen) atoms. The Morgan fingerprint density at radius 3 is 2.64 bits per heavy atom. The third-order valence-corrected chi connectivity index (χ3v) is 3.10. The number of ether oxygens (including phenoxy) is 2. The molecule has 0 saturated heterocycles. The lowest BCUT2D eigenvalue weighted by molar-refractivity contribution is -0.333. The molecule has 1 rings (SSSR count). The summed E-state index contributed by atoms with van der Waals surface area (Å²) >= 11 is 0. The third kappa shape index (κ3) is 6.03. The summed E-state index contributed by atoms with van der Waals surface area (Å²) in [5, 5.41) is 0. The average Bonchev–Trinajstić information content (AvgIpc) is 2.53. The topological polar surface area (TPSA) is 54.0 Å². The minimum atomic E-state index is -0.580. The zero-order chi connectivity index (χ0) is 16.4. The van der Waals surface area contributed by atoms with E-state index in [0.29, 0.717) is 25.2 Å². The van der Waals surface area contributed by atoms with Crippen molar-refractivity contribution in [2.45, 2.75) is 53.2 Å². The van der Waals surface area contributed by atoms with Crippen molar-refractivity contribution in [1.29, 1.82) is 0 Å². The van der Waals surface area contributed by atoms with E-state index < -0.39 is 12.3 Å². The van der Waals surface area contributed by atoms with Gasteiger partial charge in [0.1, 0.15) is 5.75 Å². The van der Waals surface area contributed by atoms with Crippen LogP contribution < -0.4 is 4.74 Å². The van der Waals surface area contributed by atoms with Crippen LogP contribution in [0.5, 0.6) is 5.75 Å². The fourth-order valence-corrected chi connectivity index (χ4v) is 1.90. The second kappa shape index (κ2) is 10.2. The predicted molar refractivity (Wildman–Crippen MR) is 83.8 cm³/mol. The van der Waals surface area contributed by atoms with E-state index >= 15 is 0 Å². The number of carbonyl (C=O) groups is 1. The van der Waals surface area contributed by atoms with Crippen LogP contribution in [0.25, 0.3) is 0 Å². The van der Waals surface area contributed by atoms with E-state index in [2.05, 4.69) is 6.92 Å². The fraction of sp³-hybridized carbons (Fsp3) is 0.588. The molecule has 1 atom stereocenters. The summed E-state index contributed by atoms with van der Waals surface area (Å²) in [5.41, 5.74) is 1.34. The second-order valence-electron chi connectivity index (χ2n) is 4.86. The van der Waals surface area contributed by atoms with Gasteiger partial charge in [0.05, 0.1) is 12.2 Å². The molecule has 5 heteroatoms. The molecular weight excluding hydrogens is 284 g/mol. The molecule has 5 nitrogen and oxygen atoms in total. The molecule has 0 aromatic heterocycles. The van der Waals surface area contributed by atoms with Crippen molar-refractivity contribution < 1.29 is 24.0 Å². The molecule has 0 N–H and O–H groups in total. The summed E-state index contributed by atoms with van der Waals surface area (Å²) in [4.78, 5) is 21.9. The normalized spacial score (nSPS) is 12.0. The van der Waals surface area contributed by atoms with Gasteiger partial charge in [0.2, 0.25) is 0 Å². The Labute approximate surface area is 132 Å². The first-order valence-electron chi connectivity index (χ1n) is 7.87. The van der Waals surface area contributed by atoms with Gasteiger partial charge in [-0.2, -0.15) is 4.89 Å². The number of rotatable bonds is 10. The minimum Gasteiger partial charge on any atom is -0.494 e. The lowest BCUT2D eigenvalue weighted by Crippen LogP contribution is -2.18. The maximum atomic E-state index is 12.1. The van der Waals surface area contributed by atoms with Gasteiger partial charge in [0, 0.05) is 6.61 Å². The van der Waals surface area contributed by atoms with Crippen LogP contribution >= 0.6 is 0 Å². The molecule has 0 radical (unpaired) electrons. The average molecular weight is 310 g/mol. The highest BCUT2D eigenvalue weighted by Gasteiger charge is 2.16. The molecule has 124 valence electrons. The van der Waals surface area contributed by atoms with Crippen LogP contribution in [0.15, 0.2) is 18.2 Å². The van der Waals surface area contributed by atoms with Gasteiger partial charge in [0.25, 0.3) is 0 Å². The third-order valence-electron chi connectivity index (χ3n) is 3.10. The van der Waals surface area contributed by atoms with Gasteiger partial charge in [-0.05, 0) is 50.5 Å². The molecule has 0 fully saturated rings. The van der Waals surface area contributed by atoms with E-state index in [1.54, 1.807) is 19.1 Å². The molecule has 1 unspecified atom stereocenters. The fourth-order valence-electron chi connectivity index (χ4n) is 1.90. The maximum absolute atomic E-state index is 12.1. The van der Waals surface area contributed by atoms with Crippen LogP contribution in [-0.2, 0) is 20.9 Å². The van der Waals surface area contributed by atoms with Crippen molar-refractivity contribution in [3.63, 3.8) is 0 Å². The Hall–Kier alpha value is -1.59. The Morgan fingerprint density at radius 2 is 2.00 bits per heavy atom. The van der Waals surface area contributed by atoms with Gasteiger partial charge in [-0.15, -0.1) is 0 Å². The van der Waals surface area contributed by atoms with Gasteiger partial charge < -0.3 is 9.47 Å². The lowest BCUT2D eigenvalue weighted by Gasteiger charge is -2.13. The molecule has 1 aromatic carbocycles. The highest BCUT2D eigenvalue weighted by atomic mass is 17.2. The van der Waals surface area contributed by atoms with Crippen LogP contribution in [0.1, 0.15) is 56.5 Å². The molecule has 0 spiro atoms. The largest absolute Gasteiger partial charge is 0.494 e. The van der Waals surface area contributed by atoms with Crippen molar-refractivity contribution in [3.8, 4) is 5.75 Å². The summed E-state index contributed by atoms with van der Waals surface area (Å²) in [7, 11) is 0. The number of hydrogen-bond acceptors (Lipinski definition) is 5. The van der Waals surface area contributed by atoms with Gasteiger partial charge in [-0.3, -0.25) is 4.89 Å². The summed E-state index contributed by atoms with van der Waals surface area (Å²) < 4.78 is 10.8. The first-order chi connectivity index (χ1) is 10.6. The standard InChI is InChI=1S/C17H26O5/c1-5-8-11-20-13(4)21-22-17(18)16-10-9-15(19-7-3)12-14(16)6-2/h9-10,12-13H,5-8,11H2,1-4H3. The summed E-state index contributed by atoms with van der Waals surface area (Å²) in [5.74, 6) is 0.221. The van der Waals surface area contributed by atoms with Crippen LogP contribution in [0.4, 0.5) is 0 Å². The van der Waals surface area contributed by atoms with Crippen molar-refractivity contribution in [1.82, 2.24) is 0 Å². The van der Waals surface area contributed by atoms with Crippen molar-refractivity contribution in [3.05, 3.63) is 29.3 Å². The Kier molecular flexibility index (Phi) is 8.55. The van der Waals surface area contributed by atoms with Crippen molar-refractivity contribution in [2.24, 2.45) is 0 Å². The van der Waals surface area contributed by atoms with Gasteiger partial charge >= 0.3 is 5.97 Å². The first kappa shape index (κ1) is 18.5. The van der Waals surface area contributed by atoms with E-state index in [9.17, 15) is 4.79 Å². The predicted octanol–water partition coefficient (Wildman–Crippen LogP) is 3.90. The van der Waals surface area contributed by atoms with Crippen molar-refractivity contribution in [2.75, 3.05) is 13.2 Å². The Balaban J connectivity index is 2.57. The van der Waals surface area contributed by atoms with E-state index in [1.807, 2.05) is 19.9 Å². The van der Waals surface area contributed by atoms with E-state index in [4.69, 9.17) is 19.2 Å². The highest BCUT2D eigenvalue weighted by Crippen LogP contribution is 2.20. The SMILES string of the molecule is CCCCOC(C)OOC(=O)c1ccc(OCC)cc1CC. The number of aryl methyl sites for hydroxylation is 1. The number of benzene rings is 1. The summed E-state index contributed by atoms with van der Waals surface area (Å²) in [6.07, 6.45) is 2.11. The first-order valence-corrected chi connectivity index (χ1v) is 7.87. The van der Waals surface area contributed by atoms with E-state index in [0.717, 1.165) is 24.2 Å². The lowest BCUT2D eigenvalue weighted by atomic mass is 10.1. The van der Waals surface area contributed by atoms with E-state index in [1.165, 1.54) is 0 Å². The molecule has 0 heterocycles. The van der Waals surface area contributed by atoms with Gasteiger partial charge in [-0.1, -0.05) is 20.3 Å². The van der Waals surface area contributed by atoms with Crippen LogP contribution in [0.2, 0.25) is 0 Å². The van der Waals surface area contributed by atoms with Crippen LogP contribution in [0.3, 0.4) is 0 Å². The van der Waals surface area contributed by atoms with Crippen LogP contribution in [0, 0.1) is 0 Å². The Morgan fingerprint density at radius 1 is 1.23 bits per heavy atom. The quantitative estimate of drug-likeness (QED) is 0.284. The molecule has 0 aliphatic rings. The number of carbonyl (C=O) groups excluding carboxylic acids is 1. The van der Waals surface area contributed by atoms with Gasteiger partial charge in [0.15, 0.2) is 6.29 Å². The number of unbranched alkanes of at least 4 members (excludes halogenated alkanes) is 1. The molecular formula is C17H26O5. The zero-order valence-corrected chi connectivity index (χ0v) is 13.9. The monoisotopic (exact) mass is 310 g/mol. The highest BCUT2D eigenvalue weighted by molar-refractivity contribution is 5.90. The minimum absolute atomic E-state index is 0.478.